The molecule has 1 saturated heterocycles. The van der Waals surface area contributed by atoms with Crippen LogP contribution in [0.25, 0.3) is 5.57 Å². The fraction of sp³-hybridized carbons (Fsp3) is 0.353. The third-order valence-electron chi connectivity index (χ3n) is 4.70. The van der Waals surface area contributed by atoms with E-state index in [4.69, 9.17) is 9.52 Å². The van der Waals surface area contributed by atoms with Gasteiger partial charge in [0.1, 0.15) is 17.7 Å². The van der Waals surface area contributed by atoms with E-state index in [0.29, 0.717) is 5.57 Å². The van der Waals surface area contributed by atoms with Gasteiger partial charge in [0.25, 0.3) is 0 Å². The van der Waals surface area contributed by atoms with E-state index in [0.717, 1.165) is 12.1 Å². The molecule has 11 heteroatoms. The number of rotatable bonds is 4. The molecule has 1 amide bonds. The monoisotopic (exact) mass is 409 g/mol. The molecule has 1 fully saturated rings. The van der Waals surface area contributed by atoms with Gasteiger partial charge in [-0.1, -0.05) is 11.3 Å². The second-order valence-electron chi connectivity index (χ2n) is 6.69. The van der Waals surface area contributed by atoms with E-state index < -0.39 is 33.6 Å². The van der Waals surface area contributed by atoms with Gasteiger partial charge >= 0.3 is 6.09 Å². The molecule has 0 aliphatic carbocycles. The van der Waals surface area contributed by atoms with Gasteiger partial charge in [-0.05, 0) is 24.1 Å². The van der Waals surface area contributed by atoms with Crippen molar-refractivity contribution in [2.24, 2.45) is 0 Å². The number of aromatic nitrogens is 3. The van der Waals surface area contributed by atoms with Crippen molar-refractivity contribution in [3.63, 3.8) is 0 Å². The molecule has 0 bridgehead atoms. The largest absolute Gasteiger partial charge is 0.442 e. The predicted molar refractivity (Wildman–Crippen MR) is 97.2 cm³/mol. The Kier molecular flexibility index (Phi) is 4.61. The Morgan fingerprint density at radius 2 is 2.07 bits per heavy atom. The van der Waals surface area contributed by atoms with Crippen molar-refractivity contribution in [1.29, 1.82) is 4.78 Å². The first-order chi connectivity index (χ1) is 13.3. The molecular formula is C17H17F2N5O3S. The summed E-state index contributed by atoms with van der Waals surface area (Å²) in [5.41, 5.74) is 0.247. The van der Waals surface area contributed by atoms with Crippen molar-refractivity contribution >= 4 is 27.1 Å². The average molecular weight is 409 g/mol. The molecule has 4 rings (SSSR count). The first-order valence-electron chi connectivity index (χ1n) is 8.57. The van der Waals surface area contributed by atoms with Crippen LogP contribution in [0.2, 0.25) is 0 Å². The maximum Gasteiger partial charge on any atom is 0.414 e. The number of halogens is 2. The lowest BCUT2D eigenvalue weighted by Crippen LogP contribution is -2.26. The Labute approximate surface area is 159 Å². The van der Waals surface area contributed by atoms with Crippen LogP contribution in [0, 0.1) is 16.4 Å². The SMILES string of the molecule is N=S1(=O)CC=C(c2c(F)cc(N3C[C@H](Cn4ccnn4)OC3=O)cc2F)CC1. The van der Waals surface area contributed by atoms with Crippen molar-refractivity contribution in [3.8, 4) is 0 Å². The highest BCUT2D eigenvalue weighted by molar-refractivity contribution is 7.92. The number of carbonyl (C=O) groups excluding carboxylic acids is 1. The fourth-order valence-electron chi connectivity index (χ4n) is 3.31. The second kappa shape index (κ2) is 6.97. The molecule has 0 radical (unpaired) electrons. The van der Waals surface area contributed by atoms with Crippen molar-refractivity contribution in [1.82, 2.24) is 15.0 Å². The summed E-state index contributed by atoms with van der Waals surface area (Å²) in [5, 5.41) is 7.47. The summed E-state index contributed by atoms with van der Waals surface area (Å²) in [5.74, 6) is -1.58. The highest BCUT2D eigenvalue weighted by atomic mass is 32.2. The van der Waals surface area contributed by atoms with Gasteiger partial charge in [-0.15, -0.1) is 5.10 Å². The van der Waals surface area contributed by atoms with E-state index in [9.17, 15) is 17.8 Å². The van der Waals surface area contributed by atoms with Gasteiger partial charge in [-0.3, -0.25) is 9.68 Å². The topological polar surface area (TPSA) is 101 Å². The average Bonchev–Trinajstić information content (AvgIpc) is 3.25. The fourth-order valence-corrected chi connectivity index (χ4v) is 4.50. The number of allylic oxidation sites excluding steroid dienone is 1. The van der Waals surface area contributed by atoms with E-state index in [-0.39, 0.29) is 42.3 Å². The molecule has 28 heavy (non-hydrogen) atoms. The molecule has 0 saturated carbocycles. The van der Waals surface area contributed by atoms with Crippen molar-refractivity contribution < 1.29 is 22.5 Å². The molecule has 1 N–H and O–H groups in total. The van der Waals surface area contributed by atoms with Crippen LogP contribution in [0.4, 0.5) is 19.3 Å². The van der Waals surface area contributed by atoms with E-state index in [2.05, 4.69) is 10.3 Å². The normalized spacial score (nSPS) is 24.9. The minimum Gasteiger partial charge on any atom is -0.442 e. The highest BCUT2D eigenvalue weighted by Crippen LogP contribution is 2.32. The lowest BCUT2D eigenvalue weighted by Gasteiger charge is -2.19. The summed E-state index contributed by atoms with van der Waals surface area (Å²) in [7, 11) is -2.71. The maximum absolute atomic E-state index is 14.7. The summed E-state index contributed by atoms with van der Waals surface area (Å²) in [6.07, 6.45) is 3.53. The minimum atomic E-state index is -2.71. The number of carbonyl (C=O) groups is 1. The highest BCUT2D eigenvalue weighted by Gasteiger charge is 2.34. The zero-order chi connectivity index (χ0) is 19.9. The predicted octanol–water partition coefficient (Wildman–Crippen LogP) is 2.42. The van der Waals surface area contributed by atoms with E-state index in [1.807, 2.05) is 0 Å². The zero-order valence-corrected chi connectivity index (χ0v) is 15.5. The van der Waals surface area contributed by atoms with Crippen LogP contribution in [-0.2, 0) is 21.0 Å². The molecule has 1 aromatic heterocycles. The van der Waals surface area contributed by atoms with Gasteiger partial charge in [0, 0.05) is 27.2 Å². The second-order valence-corrected chi connectivity index (χ2v) is 9.05. The van der Waals surface area contributed by atoms with Crippen LogP contribution < -0.4 is 4.90 Å². The molecule has 3 heterocycles. The van der Waals surface area contributed by atoms with Gasteiger partial charge < -0.3 is 4.74 Å². The van der Waals surface area contributed by atoms with Crippen molar-refractivity contribution in [2.45, 2.75) is 19.1 Å². The number of nitrogens with zero attached hydrogens (tertiary/aromatic N) is 4. The molecule has 2 atom stereocenters. The van der Waals surface area contributed by atoms with E-state index >= 15 is 0 Å². The van der Waals surface area contributed by atoms with Crippen LogP contribution in [0.1, 0.15) is 12.0 Å². The number of ether oxygens (including phenoxy) is 1. The lowest BCUT2D eigenvalue weighted by atomic mass is 10.0. The standard InChI is InChI=1S/C17H17F2N5O3S/c18-14-7-12(8-15(19)16(14)11-1-5-28(20,26)6-2-11)24-10-13(27-17(24)25)9-23-4-3-21-22-23/h1,3-4,7-8,13,20H,2,5-6,9-10H2/t13-,28?/m0/s1. The summed E-state index contributed by atoms with van der Waals surface area (Å²) in [6.45, 7) is 0.408. The number of amides is 1. The molecule has 2 aromatic rings. The van der Waals surface area contributed by atoms with Crippen LogP contribution >= 0.6 is 0 Å². The van der Waals surface area contributed by atoms with Gasteiger partial charge in [0.15, 0.2) is 0 Å². The molecule has 1 aromatic carbocycles. The number of hydrogen-bond acceptors (Lipinski definition) is 6. The Morgan fingerprint density at radius 1 is 1.32 bits per heavy atom. The minimum absolute atomic E-state index is 0.0224. The Balaban J connectivity index is 1.56. The van der Waals surface area contributed by atoms with Crippen molar-refractivity contribution in [2.75, 3.05) is 23.0 Å². The van der Waals surface area contributed by atoms with Crippen LogP contribution in [0.5, 0.6) is 0 Å². The third-order valence-corrected chi connectivity index (χ3v) is 6.27. The lowest BCUT2D eigenvalue weighted by molar-refractivity contribution is 0.129. The maximum atomic E-state index is 14.7. The first-order valence-corrected chi connectivity index (χ1v) is 10.5. The number of hydrogen-bond donors (Lipinski definition) is 1. The molecule has 148 valence electrons. The summed E-state index contributed by atoms with van der Waals surface area (Å²) < 4.78 is 55.4. The Hall–Kier alpha value is -2.82. The molecular weight excluding hydrogens is 392 g/mol. The number of benzene rings is 1. The quantitative estimate of drug-likeness (QED) is 0.836. The third kappa shape index (κ3) is 3.61. The van der Waals surface area contributed by atoms with Gasteiger partial charge in [0.2, 0.25) is 0 Å². The Bertz CT molecular complexity index is 1030. The van der Waals surface area contributed by atoms with Gasteiger partial charge in [-0.2, -0.15) is 0 Å². The van der Waals surface area contributed by atoms with E-state index in [1.165, 1.54) is 21.9 Å². The first kappa shape index (κ1) is 18.5. The van der Waals surface area contributed by atoms with Crippen LogP contribution in [0.3, 0.4) is 0 Å². The number of nitrogens with one attached hydrogen (secondary N) is 1. The van der Waals surface area contributed by atoms with Crippen LogP contribution in [-0.4, -0.2) is 49.5 Å². The number of anilines is 1. The molecule has 2 aliphatic rings. The molecule has 1 unspecified atom stereocenters. The molecule has 8 nitrogen and oxygen atoms in total. The van der Waals surface area contributed by atoms with E-state index in [1.54, 1.807) is 6.20 Å². The van der Waals surface area contributed by atoms with Crippen LogP contribution in [0.15, 0.2) is 30.6 Å². The Morgan fingerprint density at radius 3 is 2.68 bits per heavy atom. The molecule has 2 aliphatic heterocycles. The zero-order valence-electron chi connectivity index (χ0n) is 14.7. The summed E-state index contributed by atoms with van der Waals surface area (Å²) in [4.78, 5) is 13.3. The molecule has 0 spiro atoms. The summed E-state index contributed by atoms with van der Waals surface area (Å²) in [6, 6.07) is 2.18. The summed E-state index contributed by atoms with van der Waals surface area (Å²) >= 11 is 0. The smallest absolute Gasteiger partial charge is 0.414 e. The van der Waals surface area contributed by atoms with Gasteiger partial charge in [-0.25, -0.2) is 22.5 Å². The number of cyclic esters (lactones) is 1. The van der Waals surface area contributed by atoms with Crippen molar-refractivity contribution in [3.05, 3.63) is 47.8 Å². The van der Waals surface area contributed by atoms with Gasteiger partial charge in [0.05, 0.1) is 30.7 Å².